The topological polar surface area (TPSA) is 63.6 Å². The van der Waals surface area contributed by atoms with E-state index in [9.17, 15) is 8.42 Å². The van der Waals surface area contributed by atoms with Crippen LogP contribution in [0.2, 0.25) is 5.02 Å². The summed E-state index contributed by atoms with van der Waals surface area (Å²) in [6.45, 7) is 0. The highest BCUT2D eigenvalue weighted by Gasteiger charge is 2.35. The van der Waals surface area contributed by atoms with Crippen molar-refractivity contribution in [3.8, 4) is 11.5 Å². The van der Waals surface area contributed by atoms with Gasteiger partial charge in [-0.3, -0.25) is 0 Å². The van der Waals surface area contributed by atoms with Gasteiger partial charge in [-0.2, -0.15) is 0 Å². The van der Waals surface area contributed by atoms with Gasteiger partial charge in [0.25, 0.3) is 0 Å². The molecule has 0 spiro atoms. The molecule has 1 N–H and O–H groups in total. The molecule has 1 saturated heterocycles. The minimum atomic E-state index is -2.89. The van der Waals surface area contributed by atoms with Gasteiger partial charge in [0, 0.05) is 6.07 Å². The molecule has 0 bridgehead atoms. The monoisotopic (exact) mass is 248 g/mol. The standard InChI is InChI=1S/C9H9ClO4S/c10-8-3-6(11)1-2-9(8)14-7-4-15(12,13)5-7/h1-3,7,11H,4-5H2. The number of ether oxygens (including phenoxy) is 1. The van der Waals surface area contributed by atoms with Gasteiger partial charge in [0.1, 0.15) is 17.6 Å². The number of sulfone groups is 1. The maximum atomic E-state index is 10.9. The maximum absolute atomic E-state index is 10.9. The second kappa shape index (κ2) is 3.57. The molecule has 0 atom stereocenters. The first-order valence-electron chi connectivity index (χ1n) is 4.32. The summed E-state index contributed by atoms with van der Waals surface area (Å²) < 4.78 is 27.1. The molecule has 15 heavy (non-hydrogen) atoms. The van der Waals surface area contributed by atoms with Crippen molar-refractivity contribution in [2.75, 3.05) is 11.5 Å². The SMILES string of the molecule is O=S1(=O)CC(Oc2ccc(O)cc2Cl)C1. The second-order valence-electron chi connectivity index (χ2n) is 3.43. The minimum absolute atomic E-state index is 0.0319. The average Bonchev–Trinajstić information content (AvgIpc) is 2.06. The molecule has 0 saturated carbocycles. The van der Waals surface area contributed by atoms with E-state index in [0.717, 1.165) is 0 Å². The number of phenolic OH excluding ortho intramolecular Hbond substituents is 1. The van der Waals surface area contributed by atoms with Crippen molar-refractivity contribution in [1.82, 2.24) is 0 Å². The zero-order valence-corrected chi connectivity index (χ0v) is 9.25. The van der Waals surface area contributed by atoms with Gasteiger partial charge in [-0.25, -0.2) is 8.42 Å². The van der Waals surface area contributed by atoms with Crippen LogP contribution in [-0.4, -0.2) is 31.1 Å². The average molecular weight is 249 g/mol. The molecule has 0 radical (unpaired) electrons. The first kappa shape index (κ1) is 10.6. The zero-order chi connectivity index (χ0) is 11.1. The fourth-order valence-electron chi connectivity index (χ4n) is 1.35. The Balaban J connectivity index is 2.06. The molecule has 1 fully saturated rings. The van der Waals surface area contributed by atoms with E-state index >= 15 is 0 Å². The Morgan fingerprint density at radius 1 is 1.40 bits per heavy atom. The summed E-state index contributed by atoms with van der Waals surface area (Å²) in [7, 11) is -2.89. The van der Waals surface area contributed by atoms with Crippen LogP contribution in [0, 0.1) is 0 Å². The third-order valence-corrected chi connectivity index (χ3v) is 4.14. The van der Waals surface area contributed by atoms with Gasteiger partial charge >= 0.3 is 0 Å². The molecule has 0 aliphatic carbocycles. The zero-order valence-electron chi connectivity index (χ0n) is 7.68. The van der Waals surface area contributed by atoms with Crippen LogP contribution < -0.4 is 4.74 Å². The van der Waals surface area contributed by atoms with Crippen molar-refractivity contribution in [2.24, 2.45) is 0 Å². The minimum Gasteiger partial charge on any atom is -0.508 e. The quantitative estimate of drug-likeness (QED) is 0.855. The fraction of sp³-hybridized carbons (Fsp3) is 0.333. The predicted molar refractivity (Wildman–Crippen MR) is 56.2 cm³/mol. The van der Waals surface area contributed by atoms with E-state index in [-0.39, 0.29) is 28.4 Å². The lowest BCUT2D eigenvalue weighted by Gasteiger charge is -2.26. The molecule has 82 valence electrons. The number of phenols is 1. The number of halogens is 1. The van der Waals surface area contributed by atoms with Crippen molar-refractivity contribution < 1.29 is 18.3 Å². The van der Waals surface area contributed by atoms with Gasteiger partial charge in [0.15, 0.2) is 9.84 Å². The molecule has 1 aromatic rings. The molecular formula is C9H9ClO4S. The molecule has 1 aliphatic rings. The van der Waals surface area contributed by atoms with Gasteiger partial charge in [0.2, 0.25) is 0 Å². The molecule has 4 nitrogen and oxygen atoms in total. The summed E-state index contributed by atoms with van der Waals surface area (Å²) in [5.74, 6) is 0.511. The Kier molecular flexibility index (Phi) is 2.52. The van der Waals surface area contributed by atoms with Gasteiger partial charge < -0.3 is 9.84 Å². The normalized spacial score (nSPS) is 19.5. The Hall–Kier alpha value is -0.940. The highest BCUT2D eigenvalue weighted by atomic mass is 35.5. The largest absolute Gasteiger partial charge is 0.508 e. The van der Waals surface area contributed by atoms with Crippen LogP contribution in [0.4, 0.5) is 0 Å². The number of aromatic hydroxyl groups is 1. The molecular weight excluding hydrogens is 240 g/mol. The molecule has 6 heteroatoms. The van der Waals surface area contributed by atoms with Crippen LogP contribution in [-0.2, 0) is 9.84 Å². The third-order valence-electron chi connectivity index (χ3n) is 2.09. The Morgan fingerprint density at radius 2 is 2.07 bits per heavy atom. The van der Waals surface area contributed by atoms with E-state index in [1.54, 1.807) is 0 Å². The van der Waals surface area contributed by atoms with Crippen LogP contribution in [0.5, 0.6) is 11.5 Å². The fourth-order valence-corrected chi connectivity index (χ4v) is 2.74. The summed E-state index contributed by atoms with van der Waals surface area (Å²) in [5.41, 5.74) is 0. The van der Waals surface area contributed by atoms with E-state index in [2.05, 4.69) is 0 Å². The Morgan fingerprint density at radius 3 is 2.60 bits per heavy atom. The predicted octanol–water partition coefficient (Wildman–Crippen LogP) is 1.22. The first-order valence-corrected chi connectivity index (χ1v) is 6.52. The Labute approximate surface area is 92.4 Å². The van der Waals surface area contributed by atoms with Crippen molar-refractivity contribution in [2.45, 2.75) is 6.10 Å². The lowest BCUT2D eigenvalue weighted by atomic mass is 10.3. The van der Waals surface area contributed by atoms with Gasteiger partial charge in [-0.1, -0.05) is 11.6 Å². The van der Waals surface area contributed by atoms with Gasteiger partial charge in [0.05, 0.1) is 16.5 Å². The molecule has 0 amide bonds. The van der Waals surface area contributed by atoms with Crippen LogP contribution in [0.3, 0.4) is 0 Å². The summed E-state index contributed by atoms with van der Waals surface area (Å²) in [6.07, 6.45) is -0.322. The van der Waals surface area contributed by atoms with Crippen LogP contribution >= 0.6 is 11.6 Å². The van der Waals surface area contributed by atoms with Crippen LogP contribution in [0.15, 0.2) is 18.2 Å². The maximum Gasteiger partial charge on any atom is 0.157 e. The summed E-state index contributed by atoms with van der Waals surface area (Å²) in [5, 5.41) is 9.37. The molecule has 2 rings (SSSR count). The van der Waals surface area contributed by atoms with Crippen molar-refractivity contribution in [1.29, 1.82) is 0 Å². The van der Waals surface area contributed by atoms with E-state index in [0.29, 0.717) is 5.75 Å². The van der Waals surface area contributed by atoms with E-state index in [1.807, 2.05) is 0 Å². The molecule has 0 aromatic heterocycles. The Bertz CT molecular complexity index is 471. The van der Waals surface area contributed by atoms with E-state index in [1.165, 1.54) is 18.2 Å². The molecule has 1 heterocycles. The van der Waals surface area contributed by atoms with Crippen molar-refractivity contribution >= 4 is 21.4 Å². The van der Waals surface area contributed by atoms with E-state index in [4.69, 9.17) is 21.4 Å². The smallest absolute Gasteiger partial charge is 0.157 e. The summed E-state index contributed by atoms with van der Waals surface area (Å²) >= 11 is 5.79. The van der Waals surface area contributed by atoms with Crippen LogP contribution in [0.1, 0.15) is 0 Å². The molecule has 0 unspecified atom stereocenters. The highest BCUT2D eigenvalue weighted by Crippen LogP contribution is 2.30. The summed E-state index contributed by atoms with van der Waals surface area (Å²) in [6, 6.07) is 4.31. The van der Waals surface area contributed by atoms with Crippen LogP contribution in [0.25, 0.3) is 0 Å². The number of hydrogen-bond donors (Lipinski definition) is 1. The van der Waals surface area contributed by atoms with Gasteiger partial charge in [-0.15, -0.1) is 0 Å². The van der Waals surface area contributed by atoms with Crippen molar-refractivity contribution in [3.63, 3.8) is 0 Å². The lowest BCUT2D eigenvalue weighted by molar-refractivity contribution is 0.230. The number of benzene rings is 1. The molecule has 1 aromatic carbocycles. The third kappa shape index (κ3) is 2.35. The lowest BCUT2D eigenvalue weighted by Crippen LogP contribution is -2.45. The van der Waals surface area contributed by atoms with E-state index < -0.39 is 9.84 Å². The summed E-state index contributed by atoms with van der Waals surface area (Å²) in [4.78, 5) is 0. The van der Waals surface area contributed by atoms with Gasteiger partial charge in [-0.05, 0) is 12.1 Å². The first-order chi connectivity index (χ1) is 6.96. The molecule has 1 aliphatic heterocycles. The highest BCUT2D eigenvalue weighted by molar-refractivity contribution is 7.92. The number of rotatable bonds is 2. The second-order valence-corrected chi connectivity index (χ2v) is 5.99. The number of hydrogen-bond acceptors (Lipinski definition) is 4. The van der Waals surface area contributed by atoms with Crippen molar-refractivity contribution in [3.05, 3.63) is 23.2 Å².